The Kier molecular flexibility index (Phi) is 5.30. The number of anilines is 1. The van der Waals surface area contributed by atoms with Crippen molar-refractivity contribution >= 4 is 40.9 Å². The maximum atomic E-state index is 13.9. The molecule has 1 aliphatic rings. The summed E-state index contributed by atoms with van der Waals surface area (Å²) in [4.78, 5) is 27.3. The summed E-state index contributed by atoms with van der Waals surface area (Å²) in [5.74, 6) is -1.19. The molecule has 1 atom stereocenters. The third-order valence-corrected chi connectivity index (χ3v) is 5.13. The average Bonchev–Trinajstić information content (AvgIpc) is 2.96. The van der Waals surface area contributed by atoms with Gasteiger partial charge in [0.15, 0.2) is 0 Å². The standard InChI is InChI=1S/C18H16ClFN2O2S/c1-25-11-6-7-13(19)12(10-11)17(23)21-15-8-9-22(18(15)24)16-5-3-2-4-14(16)20/h2-7,10,15H,8-9H2,1H3,(H,21,23). The van der Waals surface area contributed by atoms with Crippen LogP contribution in [0.25, 0.3) is 0 Å². The lowest BCUT2D eigenvalue weighted by Crippen LogP contribution is -2.41. The number of amides is 2. The summed E-state index contributed by atoms with van der Waals surface area (Å²) in [6.45, 7) is 0.350. The summed E-state index contributed by atoms with van der Waals surface area (Å²) < 4.78 is 13.9. The molecule has 7 heteroatoms. The van der Waals surface area contributed by atoms with Crippen LogP contribution in [0.1, 0.15) is 16.8 Å². The van der Waals surface area contributed by atoms with Crippen molar-refractivity contribution in [1.29, 1.82) is 0 Å². The topological polar surface area (TPSA) is 49.4 Å². The van der Waals surface area contributed by atoms with Crippen molar-refractivity contribution in [2.75, 3.05) is 17.7 Å². The molecular formula is C18H16ClFN2O2S. The van der Waals surface area contributed by atoms with E-state index >= 15 is 0 Å². The molecule has 25 heavy (non-hydrogen) atoms. The first-order valence-electron chi connectivity index (χ1n) is 7.71. The van der Waals surface area contributed by atoms with Gasteiger partial charge < -0.3 is 10.2 Å². The normalized spacial score (nSPS) is 17.0. The van der Waals surface area contributed by atoms with Gasteiger partial charge in [-0.15, -0.1) is 11.8 Å². The van der Waals surface area contributed by atoms with Gasteiger partial charge in [-0.1, -0.05) is 23.7 Å². The Morgan fingerprint density at radius 1 is 1.32 bits per heavy atom. The summed E-state index contributed by atoms with van der Waals surface area (Å²) in [5.41, 5.74) is 0.553. The van der Waals surface area contributed by atoms with Gasteiger partial charge in [0, 0.05) is 11.4 Å². The van der Waals surface area contributed by atoms with Gasteiger partial charge in [0.05, 0.1) is 16.3 Å². The minimum Gasteiger partial charge on any atom is -0.340 e. The molecule has 0 saturated carbocycles. The highest BCUT2D eigenvalue weighted by molar-refractivity contribution is 7.98. The molecule has 4 nitrogen and oxygen atoms in total. The Morgan fingerprint density at radius 2 is 2.08 bits per heavy atom. The molecule has 2 amide bonds. The van der Waals surface area contributed by atoms with Crippen molar-refractivity contribution in [1.82, 2.24) is 5.32 Å². The van der Waals surface area contributed by atoms with Crippen molar-refractivity contribution in [3.8, 4) is 0 Å². The van der Waals surface area contributed by atoms with E-state index in [2.05, 4.69) is 5.32 Å². The number of hydrogen-bond acceptors (Lipinski definition) is 3. The fourth-order valence-corrected chi connectivity index (χ4v) is 3.41. The first-order valence-corrected chi connectivity index (χ1v) is 9.32. The molecule has 0 radical (unpaired) electrons. The minimum atomic E-state index is -0.693. The molecule has 1 aliphatic heterocycles. The number of rotatable bonds is 4. The smallest absolute Gasteiger partial charge is 0.253 e. The zero-order chi connectivity index (χ0) is 18.0. The summed E-state index contributed by atoms with van der Waals surface area (Å²) in [6.07, 6.45) is 2.32. The number of benzene rings is 2. The Bertz CT molecular complexity index is 830. The molecule has 2 aromatic rings. The van der Waals surface area contributed by atoms with Gasteiger partial charge in [0.1, 0.15) is 11.9 Å². The van der Waals surface area contributed by atoms with Gasteiger partial charge in [0.25, 0.3) is 5.91 Å². The predicted molar refractivity (Wildman–Crippen MR) is 97.9 cm³/mol. The second kappa shape index (κ2) is 7.45. The molecule has 1 heterocycles. The van der Waals surface area contributed by atoms with E-state index in [0.717, 1.165) is 4.90 Å². The minimum absolute atomic E-state index is 0.228. The average molecular weight is 379 g/mol. The van der Waals surface area contributed by atoms with Crippen molar-refractivity contribution in [3.63, 3.8) is 0 Å². The van der Waals surface area contributed by atoms with Gasteiger partial charge in [-0.05, 0) is 43.0 Å². The number of nitrogens with zero attached hydrogens (tertiary/aromatic N) is 1. The maximum absolute atomic E-state index is 13.9. The Morgan fingerprint density at radius 3 is 2.80 bits per heavy atom. The molecule has 1 fully saturated rings. The molecule has 1 unspecified atom stereocenters. The molecule has 3 rings (SSSR count). The summed E-state index contributed by atoms with van der Waals surface area (Å²) in [7, 11) is 0. The number of carbonyl (C=O) groups excluding carboxylic acids is 2. The zero-order valence-corrected chi connectivity index (χ0v) is 15.0. The van der Waals surface area contributed by atoms with Crippen LogP contribution in [0.2, 0.25) is 5.02 Å². The van der Waals surface area contributed by atoms with Crippen molar-refractivity contribution in [2.45, 2.75) is 17.4 Å². The Labute approximate surface area is 154 Å². The second-order valence-corrected chi connectivity index (χ2v) is 6.89. The number of carbonyl (C=O) groups is 2. The van der Waals surface area contributed by atoms with E-state index in [9.17, 15) is 14.0 Å². The first kappa shape index (κ1) is 17.8. The van der Waals surface area contributed by atoms with E-state index in [4.69, 9.17) is 11.6 Å². The third kappa shape index (κ3) is 3.65. The molecule has 1 N–H and O–H groups in total. The monoisotopic (exact) mass is 378 g/mol. The fourth-order valence-electron chi connectivity index (χ4n) is 2.77. The van der Waals surface area contributed by atoms with E-state index in [1.807, 2.05) is 12.3 Å². The van der Waals surface area contributed by atoms with Gasteiger partial charge >= 0.3 is 0 Å². The Hall–Kier alpha value is -2.05. The number of nitrogens with one attached hydrogen (secondary N) is 1. The van der Waals surface area contributed by atoms with Crippen LogP contribution in [0, 0.1) is 5.82 Å². The number of hydrogen-bond donors (Lipinski definition) is 1. The molecule has 0 spiro atoms. The van der Waals surface area contributed by atoms with Crippen LogP contribution >= 0.6 is 23.4 Å². The summed E-state index contributed by atoms with van der Waals surface area (Å²) in [5, 5.41) is 3.04. The zero-order valence-electron chi connectivity index (χ0n) is 13.5. The molecule has 130 valence electrons. The van der Waals surface area contributed by atoms with Crippen LogP contribution < -0.4 is 10.2 Å². The van der Waals surface area contributed by atoms with Crippen LogP contribution in [0.15, 0.2) is 47.4 Å². The van der Waals surface area contributed by atoms with Gasteiger partial charge in [0.2, 0.25) is 5.91 Å². The van der Waals surface area contributed by atoms with Crippen LogP contribution in [0.4, 0.5) is 10.1 Å². The molecule has 2 aromatic carbocycles. The third-order valence-electron chi connectivity index (χ3n) is 4.07. The highest BCUT2D eigenvalue weighted by Crippen LogP contribution is 2.26. The van der Waals surface area contributed by atoms with E-state index in [0.29, 0.717) is 23.6 Å². The van der Waals surface area contributed by atoms with E-state index < -0.39 is 17.8 Å². The lowest BCUT2D eigenvalue weighted by atomic mass is 10.2. The highest BCUT2D eigenvalue weighted by atomic mass is 35.5. The SMILES string of the molecule is CSc1ccc(Cl)c(C(=O)NC2CCN(c3ccccc3F)C2=O)c1. The van der Waals surface area contributed by atoms with E-state index in [1.165, 1.54) is 22.7 Å². The quantitative estimate of drug-likeness (QED) is 0.824. The maximum Gasteiger partial charge on any atom is 0.253 e. The van der Waals surface area contributed by atoms with E-state index in [1.54, 1.807) is 30.3 Å². The largest absolute Gasteiger partial charge is 0.340 e. The first-order chi connectivity index (χ1) is 12.0. The Balaban J connectivity index is 1.75. The fraction of sp³-hybridized carbons (Fsp3) is 0.222. The number of thioether (sulfide) groups is 1. The molecule has 1 saturated heterocycles. The molecule has 0 aliphatic carbocycles. The van der Waals surface area contributed by atoms with Crippen molar-refractivity contribution in [2.24, 2.45) is 0 Å². The lowest BCUT2D eigenvalue weighted by molar-refractivity contribution is -0.118. The van der Waals surface area contributed by atoms with Gasteiger partial charge in [-0.3, -0.25) is 9.59 Å². The second-order valence-electron chi connectivity index (χ2n) is 5.60. The highest BCUT2D eigenvalue weighted by Gasteiger charge is 2.35. The van der Waals surface area contributed by atoms with Gasteiger partial charge in [-0.25, -0.2) is 4.39 Å². The van der Waals surface area contributed by atoms with Crippen LogP contribution in [-0.4, -0.2) is 30.7 Å². The van der Waals surface area contributed by atoms with Crippen molar-refractivity contribution < 1.29 is 14.0 Å². The van der Waals surface area contributed by atoms with Crippen LogP contribution in [0.3, 0.4) is 0 Å². The predicted octanol–water partition coefficient (Wildman–Crippen LogP) is 3.74. The van der Waals surface area contributed by atoms with E-state index in [-0.39, 0.29) is 11.6 Å². The lowest BCUT2D eigenvalue weighted by Gasteiger charge is -2.18. The summed E-state index contributed by atoms with van der Waals surface area (Å²) in [6, 6.07) is 10.6. The summed E-state index contributed by atoms with van der Waals surface area (Å²) >= 11 is 7.60. The molecule has 0 aromatic heterocycles. The van der Waals surface area contributed by atoms with Gasteiger partial charge in [-0.2, -0.15) is 0 Å². The van der Waals surface area contributed by atoms with Crippen LogP contribution in [-0.2, 0) is 4.79 Å². The number of para-hydroxylation sites is 1. The van der Waals surface area contributed by atoms with Crippen LogP contribution in [0.5, 0.6) is 0 Å². The number of halogens is 2. The molecular weight excluding hydrogens is 363 g/mol. The molecule has 0 bridgehead atoms. The van der Waals surface area contributed by atoms with Crippen molar-refractivity contribution in [3.05, 3.63) is 58.9 Å².